The van der Waals surface area contributed by atoms with E-state index in [0.717, 1.165) is 30.6 Å². The highest BCUT2D eigenvalue weighted by Gasteiger charge is 2.32. The van der Waals surface area contributed by atoms with Crippen LogP contribution in [0.25, 0.3) is 0 Å². The summed E-state index contributed by atoms with van der Waals surface area (Å²) in [4.78, 5) is 2.39. The molecule has 23 heavy (non-hydrogen) atoms. The molecule has 1 saturated heterocycles. The van der Waals surface area contributed by atoms with Crippen LogP contribution >= 0.6 is 11.8 Å². The van der Waals surface area contributed by atoms with Crippen LogP contribution in [0.15, 0.2) is 9.57 Å². The lowest BCUT2D eigenvalue weighted by Gasteiger charge is -2.27. The van der Waals surface area contributed by atoms with Crippen molar-refractivity contribution in [3.8, 4) is 0 Å². The first-order valence-electron chi connectivity index (χ1n) is 8.49. The second-order valence-corrected chi connectivity index (χ2v) is 7.11. The zero-order chi connectivity index (χ0) is 15.6. The number of anilines is 1. The van der Waals surface area contributed by atoms with E-state index < -0.39 is 0 Å². The molecule has 1 aliphatic carbocycles. The molecule has 3 heterocycles. The van der Waals surface area contributed by atoms with E-state index in [9.17, 15) is 0 Å². The molecule has 0 aromatic carbocycles. The standard InChI is InChI=1S/C15H22N6OS/c1-2-12-16-17-13(22-12)10-23-15-19-18-14(21(15)11-6-7-11)20-8-4-3-5-9-20/h11H,2-10H2,1H3. The van der Waals surface area contributed by atoms with Gasteiger partial charge in [-0.15, -0.1) is 20.4 Å². The molecule has 0 N–H and O–H groups in total. The lowest BCUT2D eigenvalue weighted by Crippen LogP contribution is -2.31. The Morgan fingerprint density at radius 1 is 1.04 bits per heavy atom. The summed E-state index contributed by atoms with van der Waals surface area (Å²) in [7, 11) is 0. The van der Waals surface area contributed by atoms with Gasteiger partial charge in [-0.3, -0.25) is 4.57 Å². The van der Waals surface area contributed by atoms with Gasteiger partial charge in [0.25, 0.3) is 0 Å². The Bertz CT molecular complexity index is 659. The molecule has 4 rings (SSSR count). The summed E-state index contributed by atoms with van der Waals surface area (Å²) < 4.78 is 7.91. The Labute approximate surface area is 139 Å². The van der Waals surface area contributed by atoms with Gasteiger partial charge in [0, 0.05) is 25.6 Å². The van der Waals surface area contributed by atoms with Crippen LogP contribution in [0.2, 0.25) is 0 Å². The summed E-state index contributed by atoms with van der Waals surface area (Å²) in [6.45, 7) is 4.21. The van der Waals surface area contributed by atoms with Gasteiger partial charge in [-0.25, -0.2) is 0 Å². The third-order valence-electron chi connectivity index (χ3n) is 4.33. The molecule has 7 nitrogen and oxygen atoms in total. The van der Waals surface area contributed by atoms with Gasteiger partial charge in [0.1, 0.15) is 0 Å². The van der Waals surface area contributed by atoms with Crippen molar-refractivity contribution in [2.45, 2.75) is 62.4 Å². The maximum Gasteiger partial charge on any atom is 0.228 e. The van der Waals surface area contributed by atoms with Crippen LogP contribution in [-0.2, 0) is 12.2 Å². The molecule has 0 spiro atoms. The number of aromatic nitrogens is 5. The Morgan fingerprint density at radius 2 is 1.83 bits per heavy atom. The number of piperidine rings is 1. The summed E-state index contributed by atoms with van der Waals surface area (Å²) in [6.07, 6.45) is 7.06. The number of rotatable bonds is 6. The minimum atomic E-state index is 0.568. The van der Waals surface area contributed by atoms with Crippen molar-refractivity contribution >= 4 is 17.7 Å². The highest BCUT2D eigenvalue weighted by Crippen LogP contribution is 2.41. The summed E-state index contributed by atoms with van der Waals surface area (Å²) in [6, 6.07) is 0.568. The fourth-order valence-electron chi connectivity index (χ4n) is 2.95. The van der Waals surface area contributed by atoms with Crippen molar-refractivity contribution in [1.29, 1.82) is 0 Å². The SMILES string of the molecule is CCc1nnc(CSc2nnc(N3CCCCC3)n2C2CC2)o1. The van der Waals surface area contributed by atoms with Gasteiger partial charge >= 0.3 is 0 Å². The average Bonchev–Trinajstić information content (AvgIpc) is 3.18. The van der Waals surface area contributed by atoms with Crippen LogP contribution in [0, 0.1) is 0 Å². The molecular formula is C15H22N6OS. The molecule has 1 saturated carbocycles. The van der Waals surface area contributed by atoms with Crippen molar-refractivity contribution in [2.24, 2.45) is 0 Å². The molecule has 0 amide bonds. The Hall–Kier alpha value is -1.57. The topological polar surface area (TPSA) is 72.9 Å². The molecule has 8 heteroatoms. The van der Waals surface area contributed by atoms with E-state index in [-0.39, 0.29) is 0 Å². The number of hydrogen-bond donors (Lipinski definition) is 0. The van der Waals surface area contributed by atoms with Crippen molar-refractivity contribution in [3.05, 3.63) is 11.8 Å². The van der Waals surface area contributed by atoms with Gasteiger partial charge in [-0.05, 0) is 32.1 Å². The first kappa shape index (κ1) is 15.0. The predicted octanol–water partition coefficient (Wildman–Crippen LogP) is 2.84. The molecule has 2 aliphatic rings. The number of aryl methyl sites for hydroxylation is 1. The van der Waals surface area contributed by atoms with Crippen LogP contribution in [0.4, 0.5) is 5.95 Å². The van der Waals surface area contributed by atoms with Gasteiger partial charge < -0.3 is 9.32 Å². The number of hydrogen-bond acceptors (Lipinski definition) is 7. The molecule has 2 aromatic heterocycles. The minimum absolute atomic E-state index is 0.568. The highest BCUT2D eigenvalue weighted by atomic mass is 32.2. The molecular weight excluding hydrogens is 312 g/mol. The van der Waals surface area contributed by atoms with Crippen molar-refractivity contribution in [3.63, 3.8) is 0 Å². The molecule has 2 fully saturated rings. The Morgan fingerprint density at radius 3 is 2.52 bits per heavy atom. The maximum atomic E-state index is 5.58. The first-order chi connectivity index (χ1) is 11.3. The summed E-state index contributed by atoms with van der Waals surface area (Å²) >= 11 is 1.64. The largest absolute Gasteiger partial charge is 0.424 e. The third-order valence-corrected chi connectivity index (χ3v) is 5.26. The van der Waals surface area contributed by atoms with Gasteiger partial charge in [-0.1, -0.05) is 18.7 Å². The van der Waals surface area contributed by atoms with Crippen molar-refractivity contribution in [2.75, 3.05) is 18.0 Å². The lowest BCUT2D eigenvalue weighted by atomic mass is 10.1. The van der Waals surface area contributed by atoms with Crippen molar-refractivity contribution < 1.29 is 4.42 Å². The molecule has 0 bridgehead atoms. The van der Waals surface area contributed by atoms with Crippen LogP contribution < -0.4 is 4.90 Å². The molecule has 2 aromatic rings. The zero-order valence-corrected chi connectivity index (χ0v) is 14.3. The molecule has 0 atom stereocenters. The Kier molecular flexibility index (Phi) is 4.24. The van der Waals surface area contributed by atoms with Crippen LogP contribution in [0.3, 0.4) is 0 Å². The second kappa shape index (κ2) is 6.51. The molecule has 1 aliphatic heterocycles. The van der Waals surface area contributed by atoms with E-state index >= 15 is 0 Å². The highest BCUT2D eigenvalue weighted by molar-refractivity contribution is 7.98. The van der Waals surface area contributed by atoms with Gasteiger partial charge in [0.15, 0.2) is 5.16 Å². The monoisotopic (exact) mass is 334 g/mol. The fraction of sp³-hybridized carbons (Fsp3) is 0.733. The van der Waals surface area contributed by atoms with Gasteiger partial charge in [0.05, 0.1) is 5.75 Å². The second-order valence-electron chi connectivity index (χ2n) is 6.16. The van der Waals surface area contributed by atoms with E-state index in [2.05, 4.69) is 29.9 Å². The first-order valence-corrected chi connectivity index (χ1v) is 9.47. The predicted molar refractivity (Wildman–Crippen MR) is 87.6 cm³/mol. The zero-order valence-electron chi connectivity index (χ0n) is 13.4. The van der Waals surface area contributed by atoms with Crippen LogP contribution in [-0.4, -0.2) is 38.1 Å². The van der Waals surface area contributed by atoms with E-state index in [4.69, 9.17) is 4.42 Å². The number of nitrogens with zero attached hydrogens (tertiary/aromatic N) is 6. The van der Waals surface area contributed by atoms with Gasteiger partial charge in [-0.2, -0.15) is 0 Å². The average molecular weight is 334 g/mol. The van der Waals surface area contributed by atoms with E-state index in [1.54, 1.807) is 11.8 Å². The molecule has 0 unspecified atom stereocenters. The quantitative estimate of drug-likeness (QED) is 0.752. The Balaban J connectivity index is 1.50. The van der Waals surface area contributed by atoms with Crippen LogP contribution in [0.1, 0.15) is 56.9 Å². The normalized spacial score (nSPS) is 18.6. The maximum absolute atomic E-state index is 5.58. The van der Waals surface area contributed by atoms with Crippen LogP contribution in [0.5, 0.6) is 0 Å². The van der Waals surface area contributed by atoms with Gasteiger partial charge in [0.2, 0.25) is 17.7 Å². The minimum Gasteiger partial charge on any atom is -0.424 e. The molecule has 124 valence electrons. The van der Waals surface area contributed by atoms with E-state index in [1.807, 2.05) is 6.92 Å². The van der Waals surface area contributed by atoms with Crippen molar-refractivity contribution in [1.82, 2.24) is 25.0 Å². The lowest BCUT2D eigenvalue weighted by molar-refractivity contribution is 0.469. The fourth-order valence-corrected chi connectivity index (χ4v) is 3.78. The third kappa shape index (κ3) is 3.22. The summed E-state index contributed by atoms with van der Waals surface area (Å²) in [5, 5.41) is 18.0. The van der Waals surface area contributed by atoms with E-state index in [0.29, 0.717) is 23.6 Å². The number of thioether (sulfide) groups is 1. The van der Waals surface area contributed by atoms with E-state index in [1.165, 1.54) is 32.1 Å². The summed E-state index contributed by atoms with van der Waals surface area (Å²) in [5.74, 6) is 3.06. The summed E-state index contributed by atoms with van der Waals surface area (Å²) in [5.41, 5.74) is 0. The smallest absolute Gasteiger partial charge is 0.228 e. The molecule has 0 radical (unpaired) electrons.